The highest BCUT2D eigenvalue weighted by molar-refractivity contribution is 5.46. The van der Waals surface area contributed by atoms with Crippen LogP contribution in [0.5, 0.6) is 28.7 Å². The van der Waals surface area contributed by atoms with Gasteiger partial charge in [-0.25, -0.2) is 0 Å². The first kappa shape index (κ1) is 17.8. The van der Waals surface area contributed by atoms with Crippen LogP contribution in [-0.2, 0) is 0 Å². The number of para-hydroxylation sites is 2. The van der Waals surface area contributed by atoms with Crippen LogP contribution in [0.2, 0.25) is 0 Å². The minimum absolute atomic E-state index is 0.0149. The summed E-state index contributed by atoms with van der Waals surface area (Å²) in [4.78, 5) is 0. The molecule has 0 saturated heterocycles. The number of nitrogens with one attached hydrogen (secondary N) is 1. The van der Waals surface area contributed by atoms with Gasteiger partial charge in [0.25, 0.3) is 0 Å². The van der Waals surface area contributed by atoms with Gasteiger partial charge in [0.15, 0.2) is 23.0 Å². The highest BCUT2D eigenvalue weighted by Gasteiger charge is 2.20. The van der Waals surface area contributed by atoms with Crippen molar-refractivity contribution in [1.29, 1.82) is 0 Å². The number of ether oxygens (including phenoxy) is 5. The van der Waals surface area contributed by atoms with Gasteiger partial charge < -0.3 is 29.0 Å². The van der Waals surface area contributed by atoms with E-state index in [2.05, 4.69) is 12.2 Å². The fraction of sp³-hybridized carbons (Fsp3) is 0.429. The van der Waals surface area contributed by atoms with Crippen LogP contribution in [-0.4, -0.2) is 45.1 Å². The Balaban J connectivity index is 1.18. The summed E-state index contributed by atoms with van der Waals surface area (Å²) in [7, 11) is 0. The van der Waals surface area contributed by atoms with Crippen molar-refractivity contribution in [2.75, 3.05) is 33.0 Å². The van der Waals surface area contributed by atoms with Gasteiger partial charge in [-0.15, -0.1) is 0 Å². The van der Waals surface area contributed by atoms with Crippen LogP contribution in [0.25, 0.3) is 0 Å². The molecular formula is C21H25NO5. The second kappa shape index (κ2) is 8.39. The standard InChI is InChI=1S/C21H25NO5/c1-15(22-13-17-14-26-18-4-2-3-5-20(18)27-17)8-9-23-16-6-7-19-21(12-16)25-11-10-24-19/h2-7,12,15,17,22H,8-11,13-14H2,1H3. The maximum absolute atomic E-state index is 5.96. The Morgan fingerprint density at radius 2 is 1.78 bits per heavy atom. The number of hydrogen-bond donors (Lipinski definition) is 1. The third kappa shape index (κ3) is 4.57. The van der Waals surface area contributed by atoms with Crippen molar-refractivity contribution in [3.8, 4) is 28.7 Å². The second-order valence-electron chi connectivity index (χ2n) is 6.75. The van der Waals surface area contributed by atoms with Crippen molar-refractivity contribution in [3.05, 3.63) is 42.5 Å². The van der Waals surface area contributed by atoms with E-state index in [1.54, 1.807) is 0 Å². The zero-order chi connectivity index (χ0) is 18.5. The normalized spacial score (nSPS) is 18.6. The molecular weight excluding hydrogens is 346 g/mol. The summed E-state index contributed by atoms with van der Waals surface area (Å²) in [6.45, 7) is 5.24. The van der Waals surface area contributed by atoms with E-state index in [0.717, 1.165) is 41.7 Å². The lowest BCUT2D eigenvalue weighted by molar-refractivity contribution is 0.0879. The fourth-order valence-corrected chi connectivity index (χ4v) is 3.07. The molecule has 2 aromatic carbocycles. The van der Waals surface area contributed by atoms with E-state index in [1.807, 2.05) is 42.5 Å². The summed E-state index contributed by atoms with van der Waals surface area (Å²) in [5.74, 6) is 3.95. The maximum Gasteiger partial charge on any atom is 0.165 e. The minimum Gasteiger partial charge on any atom is -0.493 e. The van der Waals surface area contributed by atoms with E-state index in [4.69, 9.17) is 23.7 Å². The van der Waals surface area contributed by atoms with Crippen LogP contribution in [0, 0.1) is 0 Å². The monoisotopic (exact) mass is 371 g/mol. The Morgan fingerprint density at radius 3 is 2.67 bits per heavy atom. The quantitative estimate of drug-likeness (QED) is 0.807. The molecule has 4 rings (SSSR count). The van der Waals surface area contributed by atoms with Gasteiger partial charge in [0.1, 0.15) is 31.7 Å². The van der Waals surface area contributed by atoms with Gasteiger partial charge >= 0.3 is 0 Å². The van der Waals surface area contributed by atoms with Crippen molar-refractivity contribution in [1.82, 2.24) is 5.32 Å². The SMILES string of the molecule is CC(CCOc1ccc2c(c1)OCCO2)NCC1COc2ccccc2O1. The van der Waals surface area contributed by atoms with Crippen molar-refractivity contribution in [3.63, 3.8) is 0 Å². The highest BCUT2D eigenvalue weighted by Crippen LogP contribution is 2.33. The molecule has 0 radical (unpaired) electrons. The second-order valence-corrected chi connectivity index (χ2v) is 6.75. The molecule has 2 aromatic rings. The van der Waals surface area contributed by atoms with Gasteiger partial charge in [-0.2, -0.15) is 0 Å². The Hall–Kier alpha value is -2.60. The number of rotatable bonds is 7. The predicted molar refractivity (Wildman–Crippen MR) is 101 cm³/mol. The molecule has 0 spiro atoms. The molecule has 27 heavy (non-hydrogen) atoms. The van der Waals surface area contributed by atoms with E-state index in [-0.39, 0.29) is 6.10 Å². The van der Waals surface area contributed by atoms with Crippen LogP contribution < -0.4 is 29.0 Å². The Morgan fingerprint density at radius 1 is 1.00 bits per heavy atom. The molecule has 0 bridgehead atoms. The molecule has 144 valence electrons. The number of fused-ring (bicyclic) bond motifs is 2. The first-order valence-corrected chi connectivity index (χ1v) is 9.42. The van der Waals surface area contributed by atoms with E-state index < -0.39 is 0 Å². The third-order valence-corrected chi connectivity index (χ3v) is 4.59. The average Bonchev–Trinajstić information content (AvgIpc) is 2.72. The molecule has 0 aliphatic carbocycles. The van der Waals surface area contributed by atoms with E-state index in [9.17, 15) is 0 Å². The molecule has 6 heteroatoms. The summed E-state index contributed by atoms with van der Waals surface area (Å²) in [5.41, 5.74) is 0. The summed E-state index contributed by atoms with van der Waals surface area (Å²) < 4.78 is 28.7. The van der Waals surface area contributed by atoms with Crippen LogP contribution in [0.3, 0.4) is 0 Å². The first-order valence-electron chi connectivity index (χ1n) is 9.42. The van der Waals surface area contributed by atoms with Gasteiger partial charge in [0.2, 0.25) is 0 Å². The maximum atomic E-state index is 5.96. The summed E-state index contributed by atoms with van der Waals surface area (Å²) in [6, 6.07) is 13.8. The number of benzene rings is 2. The Labute approximate surface area is 159 Å². The molecule has 0 saturated carbocycles. The minimum atomic E-state index is 0.0149. The van der Waals surface area contributed by atoms with Gasteiger partial charge in [0.05, 0.1) is 6.61 Å². The van der Waals surface area contributed by atoms with E-state index >= 15 is 0 Å². The Kier molecular flexibility index (Phi) is 5.53. The Bertz CT molecular complexity index is 766. The van der Waals surface area contributed by atoms with Crippen molar-refractivity contribution >= 4 is 0 Å². The fourth-order valence-electron chi connectivity index (χ4n) is 3.07. The van der Waals surface area contributed by atoms with Crippen molar-refractivity contribution < 1.29 is 23.7 Å². The molecule has 0 amide bonds. The van der Waals surface area contributed by atoms with E-state index in [0.29, 0.717) is 32.5 Å². The molecule has 6 nitrogen and oxygen atoms in total. The lowest BCUT2D eigenvalue weighted by Crippen LogP contribution is -2.41. The third-order valence-electron chi connectivity index (χ3n) is 4.59. The molecule has 2 aliphatic heterocycles. The predicted octanol–water partition coefficient (Wildman–Crippen LogP) is 3.04. The van der Waals surface area contributed by atoms with Crippen LogP contribution in [0.1, 0.15) is 13.3 Å². The van der Waals surface area contributed by atoms with Crippen LogP contribution >= 0.6 is 0 Å². The van der Waals surface area contributed by atoms with Crippen molar-refractivity contribution in [2.45, 2.75) is 25.5 Å². The average molecular weight is 371 g/mol. The first-order chi connectivity index (χ1) is 13.3. The van der Waals surface area contributed by atoms with Gasteiger partial charge in [-0.05, 0) is 37.6 Å². The largest absolute Gasteiger partial charge is 0.493 e. The summed E-state index contributed by atoms with van der Waals surface area (Å²) in [6.07, 6.45) is 0.902. The summed E-state index contributed by atoms with van der Waals surface area (Å²) >= 11 is 0. The molecule has 2 unspecified atom stereocenters. The molecule has 0 aromatic heterocycles. The molecule has 0 fully saturated rings. The molecule has 2 atom stereocenters. The topological polar surface area (TPSA) is 58.2 Å². The smallest absolute Gasteiger partial charge is 0.165 e. The van der Waals surface area contributed by atoms with E-state index in [1.165, 1.54) is 0 Å². The molecule has 1 N–H and O–H groups in total. The summed E-state index contributed by atoms with van der Waals surface area (Å²) in [5, 5.41) is 3.49. The van der Waals surface area contributed by atoms with Crippen LogP contribution in [0.15, 0.2) is 42.5 Å². The van der Waals surface area contributed by atoms with Gasteiger partial charge in [-0.3, -0.25) is 0 Å². The lowest BCUT2D eigenvalue weighted by Gasteiger charge is -2.27. The molecule has 2 heterocycles. The van der Waals surface area contributed by atoms with Crippen molar-refractivity contribution in [2.24, 2.45) is 0 Å². The molecule has 2 aliphatic rings. The van der Waals surface area contributed by atoms with Gasteiger partial charge in [-0.1, -0.05) is 12.1 Å². The zero-order valence-electron chi connectivity index (χ0n) is 15.5. The highest BCUT2D eigenvalue weighted by atomic mass is 16.6. The number of hydrogen-bond acceptors (Lipinski definition) is 6. The van der Waals surface area contributed by atoms with Gasteiger partial charge in [0, 0.05) is 18.7 Å². The van der Waals surface area contributed by atoms with Crippen LogP contribution in [0.4, 0.5) is 0 Å². The zero-order valence-corrected chi connectivity index (χ0v) is 15.5. The lowest BCUT2D eigenvalue weighted by atomic mass is 10.2.